The minimum Gasteiger partial charge on any atom is -0.361 e. The zero-order valence-electron chi connectivity index (χ0n) is 15.4. The van der Waals surface area contributed by atoms with Gasteiger partial charge in [-0.1, -0.05) is 0 Å². The molecular weight excluding hydrogens is 353 g/mol. The number of nitrogens with one attached hydrogen (secondary N) is 3. The number of thioether (sulfide) groups is 1. The fourth-order valence-electron chi connectivity index (χ4n) is 2.41. The van der Waals surface area contributed by atoms with Gasteiger partial charge in [-0.25, -0.2) is 9.38 Å². The topological polar surface area (TPSA) is 72.5 Å². The molecule has 1 heterocycles. The zero-order chi connectivity index (χ0) is 18.9. The Bertz CT molecular complexity index is 759. The molecule has 0 radical (unpaired) electrons. The standard InChI is InChI=1S/C18H26FN5OS/c1-24(2)17(25)12-23-18(21-8-9-26-3)20-7-6-13-11-22-16-10-14(19)4-5-15(13)16/h4-5,10-11,22H,6-9,12H2,1-3H3,(H2,20,21,23). The third-order valence-corrected chi connectivity index (χ3v) is 4.50. The maximum atomic E-state index is 13.3. The number of aromatic nitrogens is 1. The van der Waals surface area contributed by atoms with Crippen molar-refractivity contribution in [3.8, 4) is 0 Å². The normalized spacial score (nSPS) is 11.6. The fourth-order valence-corrected chi connectivity index (χ4v) is 2.72. The van der Waals surface area contributed by atoms with Crippen molar-refractivity contribution in [3.05, 3.63) is 35.8 Å². The van der Waals surface area contributed by atoms with E-state index in [1.165, 1.54) is 17.0 Å². The number of hydrogen-bond acceptors (Lipinski definition) is 3. The van der Waals surface area contributed by atoms with Gasteiger partial charge in [0.25, 0.3) is 0 Å². The van der Waals surface area contributed by atoms with Gasteiger partial charge < -0.3 is 20.5 Å². The summed E-state index contributed by atoms with van der Waals surface area (Å²) < 4.78 is 13.3. The highest BCUT2D eigenvalue weighted by Gasteiger charge is 2.07. The second-order valence-corrected chi connectivity index (χ2v) is 7.04. The monoisotopic (exact) mass is 379 g/mol. The summed E-state index contributed by atoms with van der Waals surface area (Å²) >= 11 is 1.74. The van der Waals surface area contributed by atoms with Crippen molar-refractivity contribution < 1.29 is 9.18 Å². The Labute approximate surface area is 157 Å². The summed E-state index contributed by atoms with van der Waals surface area (Å²) in [5.74, 6) is 1.29. The predicted molar refractivity (Wildman–Crippen MR) is 107 cm³/mol. The fraction of sp³-hybridized carbons (Fsp3) is 0.444. The minimum absolute atomic E-state index is 0.0466. The third kappa shape index (κ3) is 5.94. The van der Waals surface area contributed by atoms with Gasteiger partial charge in [0.15, 0.2) is 5.96 Å². The first kappa shape index (κ1) is 20.1. The molecule has 0 aliphatic rings. The maximum Gasteiger partial charge on any atom is 0.243 e. The number of halogens is 1. The molecule has 0 unspecified atom stereocenters. The van der Waals surface area contributed by atoms with E-state index in [1.807, 2.05) is 12.5 Å². The van der Waals surface area contributed by atoms with Crippen LogP contribution in [0.3, 0.4) is 0 Å². The van der Waals surface area contributed by atoms with Crippen LogP contribution in [0.4, 0.5) is 4.39 Å². The lowest BCUT2D eigenvalue weighted by Gasteiger charge is -2.13. The second-order valence-electron chi connectivity index (χ2n) is 6.05. The Balaban J connectivity index is 1.94. The summed E-state index contributed by atoms with van der Waals surface area (Å²) in [6, 6.07) is 4.75. The minimum atomic E-state index is -0.248. The highest BCUT2D eigenvalue weighted by atomic mass is 32.2. The molecule has 1 amide bonds. The predicted octanol–water partition coefficient (Wildman–Crippen LogP) is 1.84. The van der Waals surface area contributed by atoms with Crippen LogP contribution < -0.4 is 10.6 Å². The molecule has 0 spiro atoms. The smallest absolute Gasteiger partial charge is 0.243 e. The van der Waals surface area contributed by atoms with Crippen LogP contribution in [-0.4, -0.2) is 67.5 Å². The SMILES string of the molecule is CSCCNC(=NCC(=O)N(C)C)NCCc1c[nH]c2cc(F)ccc12. The first-order chi connectivity index (χ1) is 12.5. The highest BCUT2D eigenvalue weighted by molar-refractivity contribution is 7.98. The van der Waals surface area contributed by atoms with E-state index in [-0.39, 0.29) is 18.3 Å². The van der Waals surface area contributed by atoms with Crippen molar-refractivity contribution in [2.24, 2.45) is 4.99 Å². The van der Waals surface area contributed by atoms with Gasteiger partial charge in [-0.05, 0) is 36.4 Å². The summed E-state index contributed by atoms with van der Waals surface area (Å²) in [4.78, 5) is 20.7. The van der Waals surface area contributed by atoms with Crippen molar-refractivity contribution in [1.29, 1.82) is 0 Å². The molecule has 26 heavy (non-hydrogen) atoms. The lowest BCUT2D eigenvalue weighted by molar-refractivity contribution is -0.127. The Kier molecular flexibility index (Phi) is 7.77. The molecule has 142 valence electrons. The van der Waals surface area contributed by atoms with Crippen LogP contribution in [-0.2, 0) is 11.2 Å². The van der Waals surface area contributed by atoms with E-state index in [1.54, 1.807) is 31.9 Å². The molecule has 0 aliphatic carbocycles. The molecule has 0 saturated carbocycles. The molecule has 0 aliphatic heterocycles. The van der Waals surface area contributed by atoms with E-state index >= 15 is 0 Å². The molecule has 1 aromatic carbocycles. The summed E-state index contributed by atoms with van der Waals surface area (Å²) in [5, 5.41) is 7.51. The molecule has 6 nitrogen and oxygen atoms in total. The van der Waals surface area contributed by atoms with Gasteiger partial charge in [-0.2, -0.15) is 11.8 Å². The van der Waals surface area contributed by atoms with Crippen LogP contribution in [0.5, 0.6) is 0 Å². The largest absolute Gasteiger partial charge is 0.361 e. The number of likely N-dealkylation sites (N-methyl/N-ethyl adjacent to an activating group) is 1. The van der Waals surface area contributed by atoms with Crippen LogP contribution in [0.15, 0.2) is 29.4 Å². The molecular formula is C18H26FN5OS. The number of H-pyrrole nitrogens is 1. The van der Waals surface area contributed by atoms with Crippen LogP contribution in [0.25, 0.3) is 10.9 Å². The zero-order valence-corrected chi connectivity index (χ0v) is 16.3. The van der Waals surface area contributed by atoms with Gasteiger partial charge in [0, 0.05) is 50.0 Å². The number of rotatable bonds is 8. The Morgan fingerprint density at radius 3 is 2.81 bits per heavy atom. The first-order valence-corrected chi connectivity index (χ1v) is 9.87. The number of carbonyl (C=O) groups is 1. The molecule has 0 bridgehead atoms. The number of fused-ring (bicyclic) bond motifs is 1. The number of hydrogen-bond donors (Lipinski definition) is 3. The Hall–Kier alpha value is -2.22. The van der Waals surface area contributed by atoms with Gasteiger partial charge in [0.2, 0.25) is 5.91 Å². The number of amides is 1. The quantitative estimate of drug-likeness (QED) is 0.372. The van der Waals surface area contributed by atoms with Crippen molar-refractivity contribution in [3.63, 3.8) is 0 Å². The number of aromatic amines is 1. The summed E-state index contributed by atoms with van der Waals surface area (Å²) in [6.07, 6.45) is 4.71. The van der Waals surface area contributed by atoms with Crippen molar-refractivity contribution in [2.75, 3.05) is 45.7 Å². The molecule has 2 rings (SSSR count). The Morgan fingerprint density at radius 2 is 2.08 bits per heavy atom. The van der Waals surface area contributed by atoms with Crippen LogP contribution in [0.2, 0.25) is 0 Å². The molecule has 0 atom stereocenters. The van der Waals surface area contributed by atoms with E-state index in [9.17, 15) is 9.18 Å². The van der Waals surface area contributed by atoms with E-state index in [2.05, 4.69) is 20.6 Å². The summed E-state index contributed by atoms with van der Waals surface area (Å²) in [7, 11) is 3.43. The van der Waals surface area contributed by atoms with Crippen LogP contribution in [0.1, 0.15) is 5.56 Å². The highest BCUT2D eigenvalue weighted by Crippen LogP contribution is 2.19. The van der Waals surface area contributed by atoms with Crippen molar-refractivity contribution >= 4 is 34.5 Å². The maximum absolute atomic E-state index is 13.3. The van der Waals surface area contributed by atoms with Crippen LogP contribution in [0, 0.1) is 5.82 Å². The third-order valence-electron chi connectivity index (χ3n) is 3.89. The average molecular weight is 380 g/mol. The van der Waals surface area contributed by atoms with Gasteiger partial charge >= 0.3 is 0 Å². The summed E-state index contributed by atoms with van der Waals surface area (Å²) in [6.45, 7) is 1.54. The Morgan fingerprint density at radius 1 is 1.31 bits per heavy atom. The number of guanidine groups is 1. The number of nitrogens with zero attached hydrogens (tertiary/aromatic N) is 2. The molecule has 8 heteroatoms. The van der Waals surface area contributed by atoms with E-state index < -0.39 is 0 Å². The van der Waals surface area contributed by atoms with E-state index in [0.29, 0.717) is 12.5 Å². The van der Waals surface area contributed by atoms with Crippen LogP contribution >= 0.6 is 11.8 Å². The molecule has 1 aromatic heterocycles. The lowest BCUT2D eigenvalue weighted by atomic mass is 10.1. The van der Waals surface area contributed by atoms with Gasteiger partial charge in [0.05, 0.1) is 0 Å². The molecule has 2 aromatic rings. The van der Waals surface area contributed by atoms with Gasteiger partial charge in [-0.15, -0.1) is 0 Å². The van der Waals surface area contributed by atoms with Crippen molar-refractivity contribution in [1.82, 2.24) is 20.5 Å². The first-order valence-electron chi connectivity index (χ1n) is 8.48. The average Bonchev–Trinajstić information content (AvgIpc) is 3.01. The van der Waals surface area contributed by atoms with E-state index in [0.717, 1.165) is 35.2 Å². The molecule has 3 N–H and O–H groups in total. The summed E-state index contributed by atoms with van der Waals surface area (Å²) in [5.41, 5.74) is 1.91. The molecule has 0 fully saturated rings. The molecule has 0 saturated heterocycles. The van der Waals surface area contributed by atoms with Crippen molar-refractivity contribution in [2.45, 2.75) is 6.42 Å². The van der Waals surface area contributed by atoms with Gasteiger partial charge in [0.1, 0.15) is 12.4 Å². The number of carbonyl (C=O) groups excluding carboxylic acids is 1. The van der Waals surface area contributed by atoms with Gasteiger partial charge in [-0.3, -0.25) is 4.79 Å². The van der Waals surface area contributed by atoms with E-state index in [4.69, 9.17) is 0 Å². The number of benzene rings is 1. The lowest BCUT2D eigenvalue weighted by Crippen LogP contribution is -2.40. The second kappa shape index (κ2) is 10.1. The number of aliphatic imine (C=N–C) groups is 1.